The molecule has 1 saturated heterocycles. The summed E-state index contributed by atoms with van der Waals surface area (Å²) in [5.74, 6) is -0.821. The molecule has 0 atom stereocenters. The van der Waals surface area contributed by atoms with Crippen LogP contribution < -0.4 is 10.6 Å². The maximum atomic E-state index is 12.9. The number of halogens is 1. The number of benzene rings is 2. The van der Waals surface area contributed by atoms with Crippen LogP contribution in [0, 0.1) is 21.4 Å². The van der Waals surface area contributed by atoms with Gasteiger partial charge in [-0.3, -0.25) is 14.9 Å². The fourth-order valence-corrected chi connectivity index (χ4v) is 4.51. The Hall–Kier alpha value is -3.50. The molecule has 0 aromatic heterocycles. The zero-order chi connectivity index (χ0) is 24.0. The maximum Gasteiger partial charge on any atom is 0.271 e. The largest absolute Gasteiger partial charge is 0.379 e. The zero-order valence-electron chi connectivity index (χ0n) is 17.0. The molecule has 0 spiro atoms. The second kappa shape index (κ2) is 10.4. The van der Waals surface area contributed by atoms with E-state index in [4.69, 9.17) is 16.3 Å². The summed E-state index contributed by atoms with van der Waals surface area (Å²) in [4.78, 5) is 22.7. The first-order valence-corrected chi connectivity index (χ1v) is 11.3. The number of carbonyl (C=O) groups excluding carboxylic acids is 1. The molecule has 1 fully saturated rings. The quantitative estimate of drug-likeness (QED) is 0.259. The van der Waals surface area contributed by atoms with Gasteiger partial charge in [0.15, 0.2) is 0 Å². The average molecular weight is 492 g/mol. The smallest absolute Gasteiger partial charge is 0.271 e. The first-order chi connectivity index (χ1) is 15.7. The topological polar surface area (TPSA) is 155 Å². The lowest BCUT2D eigenvalue weighted by Crippen LogP contribution is -2.40. The van der Waals surface area contributed by atoms with Crippen molar-refractivity contribution >= 4 is 44.6 Å². The van der Waals surface area contributed by atoms with Crippen molar-refractivity contribution in [2.24, 2.45) is 0 Å². The maximum absolute atomic E-state index is 12.9. The number of ether oxygens (including phenoxy) is 1. The van der Waals surface area contributed by atoms with Gasteiger partial charge in [-0.25, -0.2) is 8.42 Å². The SMILES string of the molecule is N#C/C(=C/Nc1cc(S(=O)(=O)N2CCOCC2)ccc1Cl)C(=O)Nc1cccc([N+](=O)[O-])c1. The number of amides is 1. The van der Waals surface area contributed by atoms with Crippen LogP contribution in [0.1, 0.15) is 0 Å². The summed E-state index contributed by atoms with van der Waals surface area (Å²) in [6.45, 7) is 1.05. The number of nitrogens with one attached hydrogen (secondary N) is 2. The van der Waals surface area contributed by atoms with Crippen LogP contribution in [0.3, 0.4) is 0 Å². The summed E-state index contributed by atoms with van der Waals surface area (Å²) in [6, 6.07) is 11.0. The van der Waals surface area contributed by atoms with E-state index in [1.165, 1.54) is 40.7 Å². The molecule has 2 aromatic rings. The highest BCUT2D eigenvalue weighted by Gasteiger charge is 2.26. The van der Waals surface area contributed by atoms with Crippen molar-refractivity contribution in [2.45, 2.75) is 4.90 Å². The van der Waals surface area contributed by atoms with Gasteiger partial charge in [0, 0.05) is 37.1 Å². The van der Waals surface area contributed by atoms with Crippen molar-refractivity contribution in [1.82, 2.24) is 4.31 Å². The van der Waals surface area contributed by atoms with Crippen LogP contribution in [-0.2, 0) is 19.6 Å². The van der Waals surface area contributed by atoms with E-state index in [1.807, 2.05) is 0 Å². The number of non-ortho nitro benzene ring substituents is 1. The van der Waals surface area contributed by atoms with Crippen molar-refractivity contribution in [1.29, 1.82) is 5.26 Å². The molecule has 33 heavy (non-hydrogen) atoms. The van der Waals surface area contributed by atoms with E-state index in [2.05, 4.69) is 10.6 Å². The molecule has 0 saturated carbocycles. The Kier molecular flexibility index (Phi) is 7.62. The van der Waals surface area contributed by atoms with Gasteiger partial charge in [-0.05, 0) is 24.3 Å². The Morgan fingerprint density at radius 3 is 2.64 bits per heavy atom. The monoisotopic (exact) mass is 491 g/mol. The minimum atomic E-state index is -3.78. The molecule has 1 aliphatic rings. The Balaban J connectivity index is 1.79. The fraction of sp³-hybridized carbons (Fsp3) is 0.200. The van der Waals surface area contributed by atoms with Crippen LogP contribution >= 0.6 is 11.6 Å². The number of carbonyl (C=O) groups is 1. The number of rotatable bonds is 7. The van der Waals surface area contributed by atoms with Crippen molar-refractivity contribution in [3.8, 4) is 6.07 Å². The normalized spacial score (nSPS) is 14.8. The number of hydrogen-bond donors (Lipinski definition) is 2. The molecule has 0 unspecified atom stereocenters. The predicted molar refractivity (Wildman–Crippen MR) is 120 cm³/mol. The van der Waals surface area contributed by atoms with E-state index in [0.29, 0.717) is 13.2 Å². The van der Waals surface area contributed by atoms with E-state index in [9.17, 15) is 28.6 Å². The highest BCUT2D eigenvalue weighted by atomic mass is 35.5. The van der Waals surface area contributed by atoms with Gasteiger partial charge in [0.1, 0.15) is 11.6 Å². The summed E-state index contributed by atoms with van der Waals surface area (Å²) in [5, 5.41) is 25.5. The minimum absolute atomic E-state index is 0.00995. The van der Waals surface area contributed by atoms with Crippen molar-refractivity contribution in [3.05, 3.63) is 69.4 Å². The van der Waals surface area contributed by atoms with Gasteiger partial charge in [-0.1, -0.05) is 17.7 Å². The third kappa shape index (κ3) is 5.85. The standard InChI is InChI=1S/C20H18ClN5O6S/c21-18-5-4-17(33(30,31)25-6-8-32-9-7-25)11-19(18)23-13-14(12-22)20(27)24-15-2-1-3-16(10-15)26(28)29/h1-5,10-11,13,23H,6-9H2,(H,24,27)/b14-13-. The first kappa shape index (κ1) is 24.1. The van der Waals surface area contributed by atoms with Crippen LogP contribution in [0.25, 0.3) is 0 Å². The highest BCUT2D eigenvalue weighted by molar-refractivity contribution is 7.89. The predicted octanol–water partition coefficient (Wildman–Crippen LogP) is 2.73. The lowest BCUT2D eigenvalue weighted by atomic mass is 10.2. The summed E-state index contributed by atoms with van der Waals surface area (Å²) in [7, 11) is -3.78. The Morgan fingerprint density at radius 2 is 1.97 bits per heavy atom. The molecular formula is C20H18ClN5O6S. The number of nitro benzene ring substituents is 1. The highest BCUT2D eigenvalue weighted by Crippen LogP contribution is 2.27. The Bertz CT molecular complexity index is 1250. The van der Waals surface area contributed by atoms with Crippen LogP contribution in [0.5, 0.6) is 0 Å². The summed E-state index contributed by atoms with van der Waals surface area (Å²) in [5.41, 5.74) is -0.286. The van der Waals surface area contributed by atoms with Gasteiger partial charge >= 0.3 is 0 Å². The minimum Gasteiger partial charge on any atom is -0.379 e. The first-order valence-electron chi connectivity index (χ1n) is 9.52. The molecule has 2 aromatic carbocycles. The lowest BCUT2D eigenvalue weighted by molar-refractivity contribution is -0.384. The van der Waals surface area contributed by atoms with E-state index in [1.54, 1.807) is 6.07 Å². The molecule has 1 amide bonds. The molecule has 2 N–H and O–H groups in total. The average Bonchev–Trinajstić information content (AvgIpc) is 2.81. The lowest BCUT2D eigenvalue weighted by Gasteiger charge is -2.26. The molecule has 0 radical (unpaired) electrons. The van der Waals surface area contributed by atoms with E-state index in [-0.39, 0.29) is 45.6 Å². The van der Waals surface area contributed by atoms with Crippen molar-refractivity contribution < 1.29 is 22.9 Å². The Morgan fingerprint density at radius 1 is 1.24 bits per heavy atom. The summed E-state index contributed by atoms with van der Waals surface area (Å²) >= 11 is 6.15. The Labute approximate surface area is 194 Å². The van der Waals surface area contributed by atoms with Gasteiger partial charge in [0.2, 0.25) is 10.0 Å². The third-order valence-electron chi connectivity index (χ3n) is 4.60. The van der Waals surface area contributed by atoms with Gasteiger partial charge < -0.3 is 15.4 Å². The molecule has 13 heteroatoms. The number of morpholine rings is 1. The molecule has 11 nitrogen and oxygen atoms in total. The number of nitro groups is 1. The van der Waals surface area contributed by atoms with Crippen LogP contribution in [0.4, 0.5) is 17.1 Å². The van der Waals surface area contributed by atoms with Crippen LogP contribution in [0.2, 0.25) is 5.02 Å². The van der Waals surface area contributed by atoms with E-state index < -0.39 is 20.9 Å². The molecule has 3 rings (SSSR count). The summed E-state index contributed by atoms with van der Waals surface area (Å²) in [6.07, 6.45) is 1.07. The van der Waals surface area contributed by atoms with E-state index >= 15 is 0 Å². The molecule has 0 bridgehead atoms. The number of nitrogens with zero attached hydrogens (tertiary/aromatic N) is 3. The van der Waals surface area contributed by atoms with Gasteiger partial charge in [0.05, 0.1) is 33.7 Å². The summed E-state index contributed by atoms with van der Waals surface area (Å²) < 4.78 is 32.2. The van der Waals surface area contributed by atoms with Crippen LogP contribution in [-0.4, -0.2) is 49.9 Å². The van der Waals surface area contributed by atoms with Crippen LogP contribution in [0.15, 0.2) is 59.1 Å². The number of hydrogen-bond acceptors (Lipinski definition) is 8. The molecule has 1 aliphatic heterocycles. The van der Waals surface area contributed by atoms with Crippen molar-refractivity contribution in [3.63, 3.8) is 0 Å². The molecule has 0 aliphatic carbocycles. The number of anilines is 2. The molecular weight excluding hydrogens is 474 g/mol. The zero-order valence-corrected chi connectivity index (χ0v) is 18.6. The van der Waals surface area contributed by atoms with Crippen molar-refractivity contribution in [2.75, 3.05) is 36.9 Å². The third-order valence-corrected chi connectivity index (χ3v) is 6.82. The fourth-order valence-electron chi connectivity index (χ4n) is 2.91. The van der Waals surface area contributed by atoms with E-state index in [0.717, 1.165) is 12.3 Å². The van der Waals surface area contributed by atoms with Gasteiger partial charge in [-0.15, -0.1) is 0 Å². The number of nitriles is 1. The second-order valence-corrected chi connectivity index (χ2v) is 9.08. The molecule has 1 heterocycles. The number of sulfonamides is 1. The van der Waals surface area contributed by atoms with Gasteiger partial charge in [0.25, 0.3) is 11.6 Å². The molecule has 172 valence electrons. The second-order valence-electron chi connectivity index (χ2n) is 6.73. The van der Waals surface area contributed by atoms with Gasteiger partial charge in [-0.2, -0.15) is 9.57 Å².